The molecule has 0 saturated carbocycles. The van der Waals surface area contributed by atoms with Gasteiger partial charge in [-0.3, -0.25) is 4.79 Å². The van der Waals surface area contributed by atoms with Gasteiger partial charge in [0.1, 0.15) is 17.3 Å². The summed E-state index contributed by atoms with van der Waals surface area (Å²) in [6.07, 6.45) is 0.908. The summed E-state index contributed by atoms with van der Waals surface area (Å²) in [6, 6.07) is 12.9. The zero-order valence-electron chi connectivity index (χ0n) is 15.7. The van der Waals surface area contributed by atoms with Crippen LogP contribution < -0.4 is 10.6 Å². The molecule has 27 heavy (non-hydrogen) atoms. The SMILES string of the molecule is Cc1cc(Nc2cc(C(=O)NCCC(C)C)nc(-c3ccccc3)n2)no1. The fraction of sp³-hybridized carbons (Fsp3) is 0.300. The second-order valence-corrected chi connectivity index (χ2v) is 6.71. The number of hydrogen-bond acceptors (Lipinski definition) is 6. The molecule has 0 saturated heterocycles. The van der Waals surface area contributed by atoms with E-state index < -0.39 is 0 Å². The molecule has 0 aliphatic rings. The number of hydrogen-bond donors (Lipinski definition) is 2. The Hall–Kier alpha value is -3.22. The van der Waals surface area contributed by atoms with E-state index in [1.165, 1.54) is 0 Å². The molecule has 0 aliphatic carbocycles. The second kappa shape index (κ2) is 8.44. The first kappa shape index (κ1) is 18.6. The monoisotopic (exact) mass is 365 g/mol. The Morgan fingerprint density at radius 2 is 1.89 bits per heavy atom. The van der Waals surface area contributed by atoms with Crippen LogP contribution in [0.2, 0.25) is 0 Å². The van der Waals surface area contributed by atoms with Crippen LogP contribution in [-0.2, 0) is 0 Å². The van der Waals surface area contributed by atoms with Crippen molar-refractivity contribution in [3.05, 3.63) is 53.9 Å². The number of carbonyl (C=O) groups excluding carboxylic acids is 1. The lowest BCUT2D eigenvalue weighted by Crippen LogP contribution is -2.26. The van der Waals surface area contributed by atoms with E-state index >= 15 is 0 Å². The van der Waals surface area contributed by atoms with Gasteiger partial charge in [0.15, 0.2) is 11.6 Å². The Bertz CT molecular complexity index is 906. The molecular weight excluding hydrogens is 342 g/mol. The second-order valence-electron chi connectivity index (χ2n) is 6.71. The fourth-order valence-electron chi connectivity index (χ4n) is 2.47. The molecule has 0 aliphatic heterocycles. The Morgan fingerprint density at radius 3 is 2.56 bits per heavy atom. The summed E-state index contributed by atoms with van der Waals surface area (Å²) >= 11 is 0. The molecule has 0 radical (unpaired) electrons. The van der Waals surface area contributed by atoms with Gasteiger partial charge in [0.25, 0.3) is 5.91 Å². The van der Waals surface area contributed by atoms with Crippen LogP contribution in [0.15, 0.2) is 47.0 Å². The molecule has 3 aromatic rings. The molecule has 2 N–H and O–H groups in total. The molecule has 7 heteroatoms. The average molecular weight is 365 g/mol. The predicted octanol–water partition coefficient (Wildman–Crippen LogP) is 3.96. The van der Waals surface area contributed by atoms with Crippen LogP contribution in [0.25, 0.3) is 11.4 Å². The summed E-state index contributed by atoms with van der Waals surface area (Å²) < 4.78 is 5.07. The van der Waals surface area contributed by atoms with E-state index in [1.54, 1.807) is 19.1 Å². The largest absolute Gasteiger partial charge is 0.360 e. The molecule has 0 bridgehead atoms. The van der Waals surface area contributed by atoms with Crippen molar-refractivity contribution in [2.75, 3.05) is 11.9 Å². The normalized spacial score (nSPS) is 10.8. The number of nitrogens with one attached hydrogen (secondary N) is 2. The molecule has 1 amide bonds. The zero-order chi connectivity index (χ0) is 19.2. The van der Waals surface area contributed by atoms with Gasteiger partial charge in [-0.25, -0.2) is 9.97 Å². The first-order valence-corrected chi connectivity index (χ1v) is 8.94. The maximum atomic E-state index is 12.6. The third kappa shape index (κ3) is 5.13. The highest BCUT2D eigenvalue weighted by Gasteiger charge is 2.14. The highest BCUT2D eigenvalue weighted by atomic mass is 16.5. The molecule has 0 spiro atoms. The molecular formula is C20H23N5O2. The molecule has 7 nitrogen and oxygen atoms in total. The van der Waals surface area contributed by atoms with Crippen LogP contribution in [-0.4, -0.2) is 27.6 Å². The Morgan fingerprint density at radius 1 is 1.11 bits per heavy atom. The van der Waals surface area contributed by atoms with E-state index in [2.05, 4.69) is 39.6 Å². The van der Waals surface area contributed by atoms with E-state index in [1.807, 2.05) is 30.3 Å². The standard InChI is InChI=1S/C20H23N5O2/c1-13(2)9-10-21-20(26)16-12-17(23-18-11-14(3)27-25-18)24-19(22-16)15-7-5-4-6-8-15/h4-8,11-13H,9-10H2,1-3H3,(H,21,26)(H,22,23,24,25). The quantitative estimate of drug-likeness (QED) is 0.658. The van der Waals surface area contributed by atoms with E-state index in [-0.39, 0.29) is 5.91 Å². The number of amides is 1. The van der Waals surface area contributed by atoms with Crippen LogP contribution in [0.3, 0.4) is 0 Å². The lowest BCUT2D eigenvalue weighted by atomic mass is 10.1. The summed E-state index contributed by atoms with van der Waals surface area (Å²) in [6.45, 7) is 6.64. The van der Waals surface area contributed by atoms with Gasteiger partial charge in [-0.05, 0) is 19.3 Å². The average Bonchev–Trinajstić information content (AvgIpc) is 3.06. The summed E-state index contributed by atoms with van der Waals surface area (Å²) in [4.78, 5) is 21.5. The summed E-state index contributed by atoms with van der Waals surface area (Å²) in [5, 5.41) is 9.89. The minimum Gasteiger partial charge on any atom is -0.360 e. The smallest absolute Gasteiger partial charge is 0.270 e. The van der Waals surface area contributed by atoms with E-state index in [0.717, 1.165) is 12.0 Å². The minimum absolute atomic E-state index is 0.227. The maximum absolute atomic E-state index is 12.6. The van der Waals surface area contributed by atoms with Gasteiger partial charge in [0, 0.05) is 24.2 Å². The van der Waals surface area contributed by atoms with Crippen LogP contribution >= 0.6 is 0 Å². The van der Waals surface area contributed by atoms with Gasteiger partial charge in [-0.2, -0.15) is 0 Å². The van der Waals surface area contributed by atoms with Crippen molar-refractivity contribution in [1.29, 1.82) is 0 Å². The lowest BCUT2D eigenvalue weighted by molar-refractivity contribution is 0.0947. The van der Waals surface area contributed by atoms with E-state index in [0.29, 0.717) is 41.4 Å². The highest BCUT2D eigenvalue weighted by Crippen LogP contribution is 2.20. The highest BCUT2D eigenvalue weighted by molar-refractivity contribution is 5.93. The number of carbonyl (C=O) groups is 1. The fourth-order valence-corrected chi connectivity index (χ4v) is 2.47. The van der Waals surface area contributed by atoms with Crippen LogP contribution in [0.5, 0.6) is 0 Å². The summed E-state index contributed by atoms with van der Waals surface area (Å²) in [5.74, 6) is 2.44. The van der Waals surface area contributed by atoms with Gasteiger partial charge >= 0.3 is 0 Å². The number of anilines is 2. The van der Waals surface area contributed by atoms with Crippen molar-refractivity contribution in [2.45, 2.75) is 27.2 Å². The third-order valence-electron chi connectivity index (χ3n) is 3.88. The topological polar surface area (TPSA) is 92.9 Å². The van der Waals surface area contributed by atoms with Crippen molar-refractivity contribution >= 4 is 17.5 Å². The zero-order valence-corrected chi connectivity index (χ0v) is 15.7. The Balaban J connectivity index is 1.89. The molecule has 1 aromatic carbocycles. The molecule has 0 fully saturated rings. The van der Waals surface area contributed by atoms with Gasteiger partial charge in [0.2, 0.25) is 0 Å². The Kier molecular flexibility index (Phi) is 5.80. The molecule has 2 heterocycles. The number of aryl methyl sites for hydroxylation is 1. The lowest BCUT2D eigenvalue weighted by Gasteiger charge is -2.10. The van der Waals surface area contributed by atoms with Gasteiger partial charge in [0.05, 0.1) is 0 Å². The summed E-state index contributed by atoms with van der Waals surface area (Å²) in [5.41, 5.74) is 1.13. The first-order valence-electron chi connectivity index (χ1n) is 8.94. The van der Waals surface area contributed by atoms with Crippen molar-refractivity contribution in [3.8, 4) is 11.4 Å². The van der Waals surface area contributed by atoms with Gasteiger partial charge in [-0.15, -0.1) is 0 Å². The van der Waals surface area contributed by atoms with Crippen molar-refractivity contribution in [2.24, 2.45) is 5.92 Å². The van der Waals surface area contributed by atoms with Gasteiger partial charge in [-0.1, -0.05) is 49.3 Å². The van der Waals surface area contributed by atoms with Crippen LogP contribution in [0.1, 0.15) is 36.5 Å². The van der Waals surface area contributed by atoms with E-state index in [4.69, 9.17) is 4.52 Å². The number of rotatable bonds is 7. The number of aromatic nitrogens is 3. The molecule has 140 valence electrons. The predicted molar refractivity (Wildman–Crippen MR) is 104 cm³/mol. The Labute approximate surface area is 158 Å². The molecule has 3 rings (SSSR count). The van der Waals surface area contributed by atoms with Gasteiger partial charge < -0.3 is 15.2 Å². The van der Waals surface area contributed by atoms with Crippen molar-refractivity contribution in [1.82, 2.24) is 20.4 Å². The van der Waals surface area contributed by atoms with Crippen molar-refractivity contribution in [3.63, 3.8) is 0 Å². The minimum atomic E-state index is -0.227. The van der Waals surface area contributed by atoms with Crippen LogP contribution in [0, 0.1) is 12.8 Å². The summed E-state index contributed by atoms with van der Waals surface area (Å²) in [7, 11) is 0. The third-order valence-corrected chi connectivity index (χ3v) is 3.88. The van der Waals surface area contributed by atoms with E-state index in [9.17, 15) is 4.79 Å². The van der Waals surface area contributed by atoms with Crippen LogP contribution in [0.4, 0.5) is 11.6 Å². The first-order chi connectivity index (χ1) is 13.0. The maximum Gasteiger partial charge on any atom is 0.270 e. The van der Waals surface area contributed by atoms with Crippen molar-refractivity contribution < 1.29 is 9.32 Å². The number of nitrogens with zero attached hydrogens (tertiary/aromatic N) is 3. The molecule has 0 atom stereocenters. The molecule has 2 aromatic heterocycles. The molecule has 0 unspecified atom stereocenters. The number of benzene rings is 1.